The van der Waals surface area contributed by atoms with E-state index in [0.717, 1.165) is 25.8 Å². The van der Waals surface area contributed by atoms with Crippen LogP contribution in [-0.2, 0) is 4.79 Å². The zero-order chi connectivity index (χ0) is 12.6. The quantitative estimate of drug-likeness (QED) is 0.624. The molecule has 16 heavy (non-hydrogen) atoms. The molecule has 0 fully saturated rings. The van der Waals surface area contributed by atoms with Crippen LogP contribution >= 0.6 is 0 Å². The summed E-state index contributed by atoms with van der Waals surface area (Å²) >= 11 is 0. The third-order valence-corrected chi connectivity index (χ3v) is 2.63. The van der Waals surface area contributed by atoms with Gasteiger partial charge in [-0.3, -0.25) is 9.69 Å². The van der Waals surface area contributed by atoms with Gasteiger partial charge in [-0.25, -0.2) is 0 Å². The molecule has 0 bridgehead atoms. The number of aliphatic carboxylic acids is 1. The van der Waals surface area contributed by atoms with E-state index in [1.54, 1.807) is 0 Å². The van der Waals surface area contributed by atoms with Crippen molar-refractivity contribution in [3.63, 3.8) is 0 Å². The van der Waals surface area contributed by atoms with Crippen molar-refractivity contribution < 1.29 is 15.0 Å². The molecule has 0 amide bonds. The monoisotopic (exact) mass is 231 g/mol. The number of aliphatic hydroxyl groups excluding tert-OH is 1. The fourth-order valence-electron chi connectivity index (χ4n) is 1.60. The van der Waals surface area contributed by atoms with Gasteiger partial charge in [-0.2, -0.15) is 0 Å². The minimum absolute atomic E-state index is 0.00860. The molecular weight excluding hydrogens is 206 g/mol. The van der Waals surface area contributed by atoms with E-state index in [1.165, 1.54) is 0 Å². The van der Waals surface area contributed by atoms with E-state index >= 15 is 0 Å². The first-order valence-corrected chi connectivity index (χ1v) is 5.95. The van der Waals surface area contributed by atoms with Crippen LogP contribution in [0.2, 0.25) is 0 Å². The largest absolute Gasteiger partial charge is 0.481 e. The summed E-state index contributed by atoms with van der Waals surface area (Å²) < 4.78 is 0. The summed E-state index contributed by atoms with van der Waals surface area (Å²) in [4.78, 5) is 12.7. The number of nitrogens with zero attached hydrogens (tertiary/aromatic N) is 1. The van der Waals surface area contributed by atoms with Gasteiger partial charge in [-0.15, -0.1) is 0 Å². The Hall–Kier alpha value is -0.610. The van der Waals surface area contributed by atoms with Crippen LogP contribution < -0.4 is 0 Å². The van der Waals surface area contributed by atoms with Crippen molar-refractivity contribution in [1.82, 2.24) is 4.90 Å². The van der Waals surface area contributed by atoms with Crippen LogP contribution in [0.4, 0.5) is 0 Å². The van der Waals surface area contributed by atoms with Gasteiger partial charge in [0.1, 0.15) is 0 Å². The van der Waals surface area contributed by atoms with Crippen LogP contribution in [0.15, 0.2) is 0 Å². The number of carboxylic acid groups (broad SMARTS) is 1. The van der Waals surface area contributed by atoms with E-state index in [4.69, 9.17) is 10.2 Å². The molecule has 0 aliphatic heterocycles. The molecule has 0 rings (SSSR count). The SMILES string of the molecule is CC(C)(C)N(CCCCCO)CCC(=O)O. The summed E-state index contributed by atoms with van der Waals surface area (Å²) in [6.07, 6.45) is 3.03. The lowest BCUT2D eigenvalue weighted by Crippen LogP contribution is -2.43. The van der Waals surface area contributed by atoms with E-state index in [-0.39, 0.29) is 18.6 Å². The van der Waals surface area contributed by atoms with Crippen LogP contribution in [0.25, 0.3) is 0 Å². The molecule has 0 aromatic rings. The van der Waals surface area contributed by atoms with Crippen molar-refractivity contribution in [3.8, 4) is 0 Å². The predicted molar refractivity (Wildman–Crippen MR) is 64.5 cm³/mol. The fourth-order valence-corrected chi connectivity index (χ4v) is 1.60. The summed E-state index contributed by atoms with van der Waals surface area (Å²) in [6, 6.07) is 0. The van der Waals surface area contributed by atoms with E-state index < -0.39 is 5.97 Å². The highest BCUT2D eigenvalue weighted by Gasteiger charge is 2.20. The summed E-state index contributed by atoms with van der Waals surface area (Å²) in [7, 11) is 0. The Balaban J connectivity index is 3.97. The van der Waals surface area contributed by atoms with E-state index in [1.807, 2.05) is 0 Å². The number of aliphatic hydroxyl groups is 1. The van der Waals surface area contributed by atoms with Gasteiger partial charge in [-0.1, -0.05) is 0 Å². The van der Waals surface area contributed by atoms with Crippen LogP contribution in [0.3, 0.4) is 0 Å². The van der Waals surface area contributed by atoms with Gasteiger partial charge in [0.15, 0.2) is 0 Å². The Bertz CT molecular complexity index is 199. The Kier molecular flexibility index (Phi) is 7.34. The van der Waals surface area contributed by atoms with Crippen LogP contribution in [-0.4, -0.2) is 46.3 Å². The van der Waals surface area contributed by atoms with Gasteiger partial charge in [0, 0.05) is 18.7 Å². The molecule has 0 aromatic carbocycles. The summed E-state index contributed by atoms with van der Waals surface area (Å²) in [5, 5.41) is 17.4. The molecule has 0 aromatic heterocycles. The second-order valence-electron chi connectivity index (χ2n) is 5.09. The Morgan fingerprint density at radius 2 is 1.75 bits per heavy atom. The van der Waals surface area contributed by atoms with Crippen LogP contribution in [0, 0.1) is 0 Å². The maximum atomic E-state index is 10.5. The Morgan fingerprint density at radius 3 is 2.19 bits per heavy atom. The minimum Gasteiger partial charge on any atom is -0.481 e. The highest BCUT2D eigenvalue weighted by molar-refractivity contribution is 5.66. The second kappa shape index (κ2) is 7.63. The first kappa shape index (κ1) is 15.4. The van der Waals surface area contributed by atoms with Gasteiger partial charge in [0.2, 0.25) is 0 Å². The van der Waals surface area contributed by atoms with Crippen LogP contribution in [0.5, 0.6) is 0 Å². The predicted octanol–water partition coefficient (Wildman–Crippen LogP) is 1.72. The van der Waals surface area contributed by atoms with Crippen molar-refractivity contribution in [2.24, 2.45) is 0 Å². The number of hydrogen-bond acceptors (Lipinski definition) is 3. The van der Waals surface area contributed by atoms with Crippen molar-refractivity contribution in [2.45, 2.75) is 52.0 Å². The molecule has 0 aliphatic rings. The normalized spacial score (nSPS) is 12.1. The zero-order valence-corrected chi connectivity index (χ0v) is 10.7. The van der Waals surface area contributed by atoms with Crippen molar-refractivity contribution in [3.05, 3.63) is 0 Å². The van der Waals surface area contributed by atoms with E-state index in [9.17, 15) is 4.79 Å². The average molecular weight is 231 g/mol. The summed E-state index contributed by atoms with van der Waals surface area (Å²) in [5.41, 5.74) is 0.00860. The van der Waals surface area contributed by atoms with Gasteiger partial charge in [0.25, 0.3) is 0 Å². The molecule has 96 valence electrons. The lowest BCUT2D eigenvalue weighted by Gasteiger charge is -2.35. The molecule has 0 unspecified atom stereocenters. The molecule has 0 radical (unpaired) electrons. The van der Waals surface area contributed by atoms with Gasteiger partial charge in [-0.05, 0) is 46.6 Å². The lowest BCUT2D eigenvalue weighted by atomic mass is 10.0. The highest BCUT2D eigenvalue weighted by atomic mass is 16.4. The minimum atomic E-state index is -0.746. The Morgan fingerprint density at radius 1 is 1.12 bits per heavy atom. The molecule has 0 saturated carbocycles. The van der Waals surface area contributed by atoms with E-state index in [0.29, 0.717) is 6.54 Å². The Labute approximate surface area is 98.3 Å². The van der Waals surface area contributed by atoms with Crippen molar-refractivity contribution in [2.75, 3.05) is 19.7 Å². The van der Waals surface area contributed by atoms with Crippen LogP contribution in [0.1, 0.15) is 46.5 Å². The molecular formula is C12H25NO3. The van der Waals surface area contributed by atoms with Crippen molar-refractivity contribution in [1.29, 1.82) is 0 Å². The number of hydrogen-bond donors (Lipinski definition) is 2. The first-order valence-electron chi connectivity index (χ1n) is 5.95. The summed E-state index contributed by atoms with van der Waals surface area (Å²) in [5.74, 6) is -0.746. The van der Waals surface area contributed by atoms with Gasteiger partial charge in [0.05, 0.1) is 6.42 Å². The van der Waals surface area contributed by atoms with Gasteiger partial charge >= 0.3 is 5.97 Å². The smallest absolute Gasteiger partial charge is 0.304 e. The standard InChI is InChI=1S/C12H25NO3/c1-12(2,3)13(9-7-11(15)16)8-5-4-6-10-14/h14H,4-10H2,1-3H3,(H,15,16). The number of carbonyl (C=O) groups is 1. The second-order valence-corrected chi connectivity index (χ2v) is 5.09. The number of carboxylic acids is 1. The molecule has 0 heterocycles. The van der Waals surface area contributed by atoms with Gasteiger partial charge < -0.3 is 10.2 Å². The molecule has 2 N–H and O–H groups in total. The molecule has 0 atom stereocenters. The van der Waals surface area contributed by atoms with Crippen molar-refractivity contribution >= 4 is 5.97 Å². The molecule has 0 spiro atoms. The fraction of sp³-hybridized carbons (Fsp3) is 0.917. The molecule has 0 saturated heterocycles. The molecule has 0 aliphatic carbocycles. The average Bonchev–Trinajstić information content (AvgIpc) is 2.14. The maximum Gasteiger partial charge on any atom is 0.304 e. The lowest BCUT2D eigenvalue weighted by molar-refractivity contribution is -0.137. The highest BCUT2D eigenvalue weighted by Crippen LogP contribution is 2.15. The molecule has 4 heteroatoms. The summed E-state index contributed by atoms with van der Waals surface area (Å²) in [6.45, 7) is 8.03. The van der Waals surface area contributed by atoms with E-state index in [2.05, 4.69) is 25.7 Å². The molecule has 4 nitrogen and oxygen atoms in total. The first-order chi connectivity index (χ1) is 7.38. The number of unbranched alkanes of at least 4 members (excludes halogenated alkanes) is 2. The number of rotatable bonds is 8. The third kappa shape index (κ3) is 7.65. The zero-order valence-electron chi connectivity index (χ0n) is 10.7. The maximum absolute atomic E-state index is 10.5. The third-order valence-electron chi connectivity index (χ3n) is 2.63. The topological polar surface area (TPSA) is 60.8 Å².